The molecule has 7 nitrogen and oxygen atoms in total. The topological polar surface area (TPSA) is 86.8 Å². The largest absolute Gasteiger partial charge is 0.352 e. The second-order valence-electron chi connectivity index (χ2n) is 11.2. The molecule has 0 aliphatic carbocycles. The van der Waals surface area contributed by atoms with Crippen LogP contribution in [0.4, 0.5) is 5.69 Å². The first kappa shape index (κ1) is 32.5. The summed E-state index contributed by atoms with van der Waals surface area (Å²) < 4.78 is 29.3. The van der Waals surface area contributed by atoms with Crippen LogP contribution in [-0.4, -0.2) is 43.8 Å². The molecule has 8 heteroatoms. The quantitative estimate of drug-likeness (QED) is 0.204. The van der Waals surface area contributed by atoms with Crippen molar-refractivity contribution in [2.75, 3.05) is 10.8 Å². The number of carbonyl (C=O) groups is 2. The second kappa shape index (κ2) is 14.8. The fourth-order valence-electron chi connectivity index (χ4n) is 4.97. The summed E-state index contributed by atoms with van der Waals surface area (Å²) in [5, 5.41) is 2.98. The van der Waals surface area contributed by atoms with Gasteiger partial charge >= 0.3 is 0 Å². The summed E-state index contributed by atoms with van der Waals surface area (Å²) in [6.07, 6.45) is 1.06. The molecule has 0 saturated carbocycles. The van der Waals surface area contributed by atoms with E-state index in [0.29, 0.717) is 5.69 Å². The predicted molar refractivity (Wildman–Crippen MR) is 176 cm³/mol. The Labute approximate surface area is 261 Å². The third-order valence-corrected chi connectivity index (χ3v) is 9.21. The molecule has 230 valence electrons. The standard InChI is InChI=1S/C36H41N3O4S/c1-5-29-20-22-32(23-21-29)39(44(42,43)33-14-10-7-11-15-33)26-35(40)38(25-31-18-16-28(4)17-19-31)34(36(41)37-27(2)3)24-30-12-8-6-9-13-30/h6-23,27,34H,5,24-26H2,1-4H3,(H,37,41)/t34-/m0/s1. The number of sulfonamides is 1. The van der Waals surface area contributed by atoms with Crippen molar-refractivity contribution in [3.05, 3.63) is 131 Å². The minimum absolute atomic E-state index is 0.0795. The summed E-state index contributed by atoms with van der Waals surface area (Å²) in [6.45, 7) is 7.41. The van der Waals surface area contributed by atoms with Crippen LogP contribution < -0.4 is 9.62 Å². The lowest BCUT2D eigenvalue weighted by Gasteiger charge is -2.34. The van der Waals surface area contributed by atoms with Gasteiger partial charge in [0.05, 0.1) is 10.6 Å². The summed E-state index contributed by atoms with van der Waals surface area (Å²) in [7, 11) is -4.12. The van der Waals surface area contributed by atoms with E-state index >= 15 is 0 Å². The maximum Gasteiger partial charge on any atom is 0.264 e. The molecule has 4 aromatic carbocycles. The molecule has 4 rings (SSSR count). The number of anilines is 1. The van der Waals surface area contributed by atoms with Crippen molar-refractivity contribution in [2.24, 2.45) is 0 Å². The SMILES string of the molecule is CCc1ccc(N(CC(=O)N(Cc2ccc(C)cc2)[C@@H](Cc2ccccc2)C(=O)NC(C)C)S(=O)(=O)c2ccccc2)cc1. The number of carbonyl (C=O) groups excluding carboxylic acids is 2. The van der Waals surface area contributed by atoms with Gasteiger partial charge in [0.2, 0.25) is 11.8 Å². The van der Waals surface area contributed by atoms with E-state index in [9.17, 15) is 18.0 Å². The van der Waals surface area contributed by atoms with E-state index in [1.807, 2.05) is 94.4 Å². The van der Waals surface area contributed by atoms with Crippen LogP contribution in [0.3, 0.4) is 0 Å². The lowest BCUT2D eigenvalue weighted by molar-refractivity contribution is -0.140. The Kier molecular flexibility index (Phi) is 11.0. The van der Waals surface area contributed by atoms with E-state index in [1.54, 1.807) is 30.3 Å². The molecule has 1 N–H and O–H groups in total. The summed E-state index contributed by atoms with van der Waals surface area (Å²) in [5.74, 6) is -0.779. The lowest BCUT2D eigenvalue weighted by atomic mass is 10.0. The zero-order valence-corrected chi connectivity index (χ0v) is 26.6. The molecule has 44 heavy (non-hydrogen) atoms. The van der Waals surface area contributed by atoms with Crippen molar-refractivity contribution in [3.63, 3.8) is 0 Å². The Hall–Kier alpha value is -4.43. The first-order valence-electron chi connectivity index (χ1n) is 14.9. The Morgan fingerprint density at radius 3 is 1.89 bits per heavy atom. The summed E-state index contributed by atoms with van der Waals surface area (Å²) in [5.41, 5.74) is 4.22. The van der Waals surface area contributed by atoms with Crippen molar-refractivity contribution in [2.45, 2.75) is 64.1 Å². The van der Waals surface area contributed by atoms with Gasteiger partial charge in [-0.15, -0.1) is 0 Å². The second-order valence-corrected chi connectivity index (χ2v) is 13.1. The molecule has 0 aromatic heterocycles. The minimum Gasteiger partial charge on any atom is -0.352 e. The van der Waals surface area contributed by atoms with E-state index in [0.717, 1.165) is 33.0 Å². The van der Waals surface area contributed by atoms with E-state index in [2.05, 4.69) is 5.32 Å². The van der Waals surface area contributed by atoms with Crippen LogP contribution in [0.15, 0.2) is 114 Å². The van der Waals surface area contributed by atoms with Crippen molar-refractivity contribution < 1.29 is 18.0 Å². The van der Waals surface area contributed by atoms with Crippen LogP contribution in [0.1, 0.15) is 43.0 Å². The van der Waals surface area contributed by atoms with Crippen molar-refractivity contribution in [3.8, 4) is 0 Å². The minimum atomic E-state index is -4.12. The predicted octanol–water partition coefficient (Wildman–Crippen LogP) is 5.92. The highest BCUT2D eigenvalue weighted by atomic mass is 32.2. The highest BCUT2D eigenvalue weighted by Crippen LogP contribution is 2.26. The molecule has 0 aliphatic heterocycles. The fraction of sp³-hybridized carbons (Fsp3) is 0.278. The molecule has 4 aromatic rings. The van der Waals surface area contributed by atoms with Crippen LogP contribution in [0.2, 0.25) is 0 Å². The zero-order valence-electron chi connectivity index (χ0n) is 25.8. The van der Waals surface area contributed by atoms with Crippen molar-refractivity contribution >= 4 is 27.5 Å². The molecule has 0 fully saturated rings. The average molecular weight is 612 g/mol. The van der Waals surface area contributed by atoms with Gasteiger partial charge in [0.25, 0.3) is 10.0 Å². The van der Waals surface area contributed by atoms with Crippen LogP contribution in [0, 0.1) is 6.92 Å². The van der Waals surface area contributed by atoms with Crippen molar-refractivity contribution in [1.29, 1.82) is 0 Å². The Bertz CT molecular complexity index is 1620. The van der Waals surface area contributed by atoms with Crippen LogP contribution in [0.5, 0.6) is 0 Å². The van der Waals surface area contributed by atoms with E-state index in [4.69, 9.17) is 0 Å². The first-order valence-corrected chi connectivity index (χ1v) is 16.4. The maximum absolute atomic E-state index is 14.5. The van der Waals surface area contributed by atoms with Crippen LogP contribution >= 0.6 is 0 Å². The molecule has 0 aliphatic rings. The van der Waals surface area contributed by atoms with Gasteiger partial charge in [0, 0.05) is 19.0 Å². The molecule has 0 heterocycles. The summed E-state index contributed by atoms with van der Waals surface area (Å²) in [6, 6.07) is 31.6. The molecule has 0 radical (unpaired) electrons. The van der Waals surface area contributed by atoms with Gasteiger partial charge in [-0.3, -0.25) is 13.9 Å². The smallest absolute Gasteiger partial charge is 0.264 e. The highest BCUT2D eigenvalue weighted by molar-refractivity contribution is 7.92. The Morgan fingerprint density at radius 2 is 1.32 bits per heavy atom. The number of aryl methyl sites for hydroxylation is 2. The Balaban J connectivity index is 1.79. The number of nitrogens with zero attached hydrogens (tertiary/aromatic N) is 2. The van der Waals surface area contributed by atoms with Gasteiger partial charge in [-0.2, -0.15) is 0 Å². The van der Waals surface area contributed by atoms with Gasteiger partial charge in [0.15, 0.2) is 0 Å². The van der Waals surface area contributed by atoms with Crippen molar-refractivity contribution in [1.82, 2.24) is 10.2 Å². The number of nitrogens with one attached hydrogen (secondary N) is 1. The van der Waals surface area contributed by atoms with Gasteiger partial charge in [0.1, 0.15) is 12.6 Å². The number of hydrogen-bond donors (Lipinski definition) is 1. The van der Waals surface area contributed by atoms with Crippen LogP contribution in [0.25, 0.3) is 0 Å². The summed E-state index contributed by atoms with van der Waals surface area (Å²) >= 11 is 0. The number of benzene rings is 4. The van der Waals surface area contributed by atoms with Crippen LogP contribution in [-0.2, 0) is 39.0 Å². The highest BCUT2D eigenvalue weighted by Gasteiger charge is 2.34. The normalized spacial score (nSPS) is 12.0. The Morgan fingerprint density at radius 1 is 0.750 bits per heavy atom. The average Bonchev–Trinajstić information content (AvgIpc) is 3.03. The zero-order chi connectivity index (χ0) is 31.7. The third kappa shape index (κ3) is 8.35. The molecule has 1 atom stereocenters. The molecular formula is C36H41N3O4S. The monoisotopic (exact) mass is 611 g/mol. The molecule has 0 bridgehead atoms. The lowest BCUT2D eigenvalue weighted by Crippen LogP contribution is -2.54. The van der Waals surface area contributed by atoms with Gasteiger partial charge in [-0.05, 0) is 68.1 Å². The summed E-state index contributed by atoms with van der Waals surface area (Å²) in [4.78, 5) is 29.8. The number of rotatable bonds is 13. The van der Waals surface area contributed by atoms with Gasteiger partial charge in [-0.25, -0.2) is 8.42 Å². The van der Waals surface area contributed by atoms with E-state index in [-0.39, 0.29) is 29.8 Å². The molecular weight excluding hydrogens is 570 g/mol. The maximum atomic E-state index is 14.5. The fourth-order valence-corrected chi connectivity index (χ4v) is 6.41. The molecule has 0 saturated heterocycles. The first-order chi connectivity index (χ1) is 21.1. The van der Waals surface area contributed by atoms with Gasteiger partial charge < -0.3 is 10.2 Å². The third-order valence-electron chi connectivity index (χ3n) is 7.42. The van der Waals surface area contributed by atoms with Gasteiger partial charge in [-0.1, -0.05) is 97.4 Å². The number of amides is 2. The number of hydrogen-bond acceptors (Lipinski definition) is 4. The van der Waals surface area contributed by atoms with E-state index in [1.165, 1.54) is 17.0 Å². The molecule has 2 amide bonds. The van der Waals surface area contributed by atoms with E-state index < -0.39 is 28.5 Å². The molecule has 0 spiro atoms. The molecule has 0 unspecified atom stereocenters.